The summed E-state index contributed by atoms with van der Waals surface area (Å²) in [5, 5.41) is 11.8. The molecule has 2 heterocycles. The predicted octanol–water partition coefficient (Wildman–Crippen LogP) is 2.98. The molecule has 4 nitrogen and oxygen atoms in total. The van der Waals surface area contributed by atoms with Crippen LogP contribution in [0.5, 0.6) is 0 Å². The van der Waals surface area contributed by atoms with E-state index in [0.717, 1.165) is 11.1 Å². The van der Waals surface area contributed by atoms with Gasteiger partial charge in [0.05, 0.1) is 13.1 Å². The second kappa shape index (κ2) is 6.25. The molecule has 1 aromatic heterocycles. The van der Waals surface area contributed by atoms with Crippen LogP contribution in [0.2, 0.25) is 0 Å². The number of aryl methyl sites for hydroxylation is 2. The fourth-order valence-corrected chi connectivity index (χ4v) is 3.73. The number of benzene rings is 2. The number of aliphatic hydroxyl groups is 1. The highest BCUT2D eigenvalue weighted by molar-refractivity contribution is 5.85. The van der Waals surface area contributed by atoms with Crippen molar-refractivity contribution in [3.8, 4) is 0 Å². The van der Waals surface area contributed by atoms with E-state index in [2.05, 4.69) is 22.9 Å². The summed E-state index contributed by atoms with van der Waals surface area (Å²) in [6.45, 7) is 0.514. The molecule has 1 N–H and O–H groups in total. The number of halogens is 1. The SMILES string of the molecule is Cn1cc(CCC(=O)N2CC(O)(c3ccc(F)cc3)C2)c2ccccc21. The number of rotatable bonds is 4. The number of hydrogen-bond acceptors (Lipinski definition) is 2. The van der Waals surface area contributed by atoms with E-state index in [-0.39, 0.29) is 24.8 Å². The molecule has 0 atom stereocenters. The van der Waals surface area contributed by atoms with Gasteiger partial charge in [-0.1, -0.05) is 30.3 Å². The molecular weight excluding hydrogens is 331 g/mol. The van der Waals surface area contributed by atoms with E-state index in [1.807, 2.05) is 19.2 Å². The first-order valence-electron chi connectivity index (χ1n) is 8.75. The summed E-state index contributed by atoms with van der Waals surface area (Å²) in [5.41, 5.74) is 1.90. The van der Waals surface area contributed by atoms with Gasteiger partial charge in [-0.3, -0.25) is 4.79 Å². The zero-order valence-electron chi connectivity index (χ0n) is 14.7. The maximum atomic E-state index is 13.0. The molecule has 5 heteroatoms. The molecule has 134 valence electrons. The second-order valence-corrected chi connectivity index (χ2v) is 7.07. The van der Waals surface area contributed by atoms with Gasteiger partial charge in [-0.25, -0.2) is 4.39 Å². The molecule has 0 aliphatic carbocycles. The Morgan fingerprint density at radius 3 is 2.58 bits per heavy atom. The van der Waals surface area contributed by atoms with Crippen molar-refractivity contribution < 1.29 is 14.3 Å². The molecule has 26 heavy (non-hydrogen) atoms. The van der Waals surface area contributed by atoms with E-state index < -0.39 is 5.60 Å². The highest BCUT2D eigenvalue weighted by atomic mass is 19.1. The minimum absolute atomic E-state index is 0.0321. The molecular formula is C21H21FN2O2. The number of amides is 1. The lowest BCUT2D eigenvalue weighted by atomic mass is 9.86. The lowest BCUT2D eigenvalue weighted by Crippen LogP contribution is -2.61. The van der Waals surface area contributed by atoms with Crippen molar-refractivity contribution in [3.63, 3.8) is 0 Å². The molecule has 1 saturated heterocycles. The molecule has 0 spiro atoms. The van der Waals surface area contributed by atoms with Gasteiger partial charge in [0.2, 0.25) is 5.91 Å². The van der Waals surface area contributed by atoms with Crippen LogP contribution < -0.4 is 0 Å². The van der Waals surface area contributed by atoms with Gasteiger partial charge >= 0.3 is 0 Å². The number of carbonyl (C=O) groups is 1. The molecule has 0 radical (unpaired) electrons. The molecule has 3 aromatic rings. The Hall–Kier alpha value is -2.66. The maximum Gasteiger partial charge on any atom is 0.223 e. The third-order valence-corrected chi connectivity index (χ3v) is 5.23. The summed E-state index contributed by atoms with van der Waals surface area (Å²) in [7, 11) is 2.01. The second-order valence-electron chi connectivity index (χ2n) is 7.07. The molecule has 1 fully saturated rings. The van der Waals surface area contributed by atoms with Crippen molar-refractivity contribution >= 4 is 16.8 Å². The standard InChI is InChI=1S/C21H21FN2O2/c1-23-12-15(18-4-2-3-5-19(18)23)6-11-20(25)24-13-21(26,14-24)16-7-9-17(22)10-8-16/h2-5,7-10,12,26H,6,11,13-14H2,1H3. The molecule has 1 aliphatic heterocycles. The third-order valence-electron chi connectivity index (χ3n) is 5.23. The van der Waals surface area contributed by atoms with Crippen molar-refractivity contribution in [2.24, 2.45) is 7.05 Å². The van der Waals surface area contributed by atoms with Crippen LogP contribution in [0.4, 0.5) is 4.39 Å². The monoisotopic (exact) mass is 352 g/mol. The van der Waals surface area contributed by atoms with Gasteiger partial charge in [-0.15, -0.1) is 0 Å². The summed E-state index contributed by atoms with van der Waals surface area (Å²) in [6, 6.07) is 14.0. The van der Waals surface area contributed by atoms with E-state index in [4.69, 9.17) is 0 Å². The van der Waals surface area contributed by atoms with Crippen molar-refractivity contribution in [2.75, 3.05) is 13.1 Å². The van der Waals surface area contributed by atoms with Crippen LogP contribution in [0.3, 0.4) is 0 Å². The van der Waals surface area contributed by atoms with Crippen molar-refractivity contribution in [1.29, 1.82) is 0 Å². The summed E-state index contributed by atoms with van der Waals surface area (Å²) in [5.74, 6) is -0.301. The molecule has 0 unspecified atom stereocenters. The van der Waals surface area contributed by atoms with Crippen molar-refractivity contribution in [2.45, 2.75) is 18.4 Å². The topological polar surface area (TPSA) is 45.5 Å². The van der Waals surface area contributed by atoms with Gasteiger partial charge in [-0.2, -0.15) is 0 Å². The number of fused-ring (bicyclic) bond motifs is 1. The normalized spacial score (nSPS) is 15.9. The molecule has 1 aliphatic rings. The van der Waals surface area contributed by atoms with E-state index in [9.17, 15) is 14.3 Å². The average Bonchev–Trinajstić information content (AvgIpc) is 2.94. The number of hydrogen-bond donors (Lipinski definition) is 1. The van der Waals surface area contributed by atoms with E-state index in [1.165, 1.54) is 17.5 Å². The molecule has 1 amide bonds. The molecule has 0 bridgehead atoms. The first-order chi connectivity index (χ1) is 12.5. The number of likely N-dealkylation sites (tertiary alicyclic amines) is 1. The average molecular weight is 352 g/mol. The number of aromatic nitrogens is 1. The van der Waals surface area contributed by atoms with Crippen LogP contribution >= 0.6 is 0 Å². The Morgan fingerprint density at radius 1 is 1.15 bits per heavy atom. The zero-order chi connectivity index (χ0) is 18.3. The summed E-state index contributed by atoms with van der Waals surface area (Å²) >= 11 is 0. The van der Waals surface area contributed by atoms with Crippen LogP contribution in [-0.2, 0) is 23.9 Å². The van der Waals surface area contributed by atoms with Gasteiger partial charge in [0.15, 0.2) is 0 Å². The maximum absolute atomic E-state index is 13.0. The first kappa shape index (κ1) is 16.8. The molecule has 2 aromatic carbocycles. The Morgan fingerprint density at radius 2 is 1.85 bits per heavy atom. The van der Waals surface area contributed by atoms with Crippen LogP contribution in [0, 0.1) is 5.82 Å². The Bertz CT molecular complexity index is 956. The highest BCUT2D eigenvalue weighted by Gasteiger charge is 2.44. The van der Waals surface area contributed by atoms with Crippen LogP contribution in [0.25, 0.3) is 10.9 Å². The zero-order valence-corrected chi connectivity index (χ0v) is 14.7. The van der Waals surface area contributed by atoms with Gasteiger partial charge in [-0.05, 0) is 35.7 Å². The minimum atomic E-state index is -1.07. The van der Waals surface area contributed by atoms with Gasteiger partial charge < -0.3 is 14.6 Å². The highest BCUT2D eigenvalue weighted by Crippen LogP contribution is 2.32. The van der Waals surface area contributed by atoms with Gasteiger partial charge in [0, 0.05) is 30.6 Å². The lowest BCUT2D eigenvalue weighted by Gasteiger charge is -2.46. The number of carbonyl (C=O) groups excluding carboxylic acids is 1. The summed E-state index contributed by atoms with van der Waals surface area (Å²) < 4.78 is 15.1. The first-order valence-corrected chi connectivity index (χ1v) is 8.75. The van der Waals surface area contributed by atoms with E-state index >= 15 is 0 Å². The van der Waals surface area contributed by atoms with Gasteiger partial charge in [0.25, 0.3) is 0 Å². The smallest absolute Gasteiger partial charge is 0.223 e. The Balaban J connectivity index is 1.38. The largest absolute Gasteiger partial charge is 0.381 e. The number of nitrogens with zero attached hydrogens (tertiary/aromatic N) is 2. The fourth-order valence-electron chi connectivity index (χ4n) is 3.73. The summed E-state index contributed by atoms with van der Waals surface area (Å²) in [4.78, 5) is 14.1. The van der Waals surface area contributed by atoms with Crippen molar-refractivity contribution in [3.05, 3.63) is 71.7 Å². The lowest BCUT2D eigenvalue weighted by molar-refractivity contribution is -0.157. The third kappa shape index (κ3) is 2.88. The summed E-state index contributed by atoms with van der Waals surface area (Å²) in [6.07, 6.45) is 3.15. The minimum Gasteiger partial charge on any atom is -0.381 e. The van der Waals surface area contributed by atoms with Crippen LogP contribution in [0.15, 0.2) is 54.7 Å². The quantitative estimate of drug-likeness (QED) is 0.785. The Kier molecular flexibility index (Phi) is 4.04. The van der Waals surface area contributed by atoms with Gasteiger partial charge in [0.1, 0.15) is 11.4 Å². The van der Waals surface area contributed by atoms with E-state index in [1.54, 1.807) is 17.0 Å². The van der Waals surface area contributed by atoms with Crippen LogP contribution in [0.1, 0.15) is 17.5 Å². The Labute approximate surface area is 151 Å². The fraction of sp³-hybridized carbons (Fsp3) is 0.286. The molecule has 4 rings (SSSR count). The predicted molar refractivity (Wildman–Crippen MR) is 98.1 cm³/mol. The van der Waals surface area contributed by atoms with E-state index in [0.29, 0.717) is 18.4 Å². The molecule has 0 saturated carbocycles. The van der Waals surface area contributed by atoms with Crippen molar-refractivity contribution in [1.82, 2.24) is 9.47 Å². The van der Waals surface area contributed by atoms with Crippen LogP contribution in [-0.4, -0.2) is 33.6 Å². The number of para-hydroxylation sites is 1. The number of β-amino-alcohol motifs (C(OH)–C–C–N with tert-alkyl or cyclic N) is 1.